The van der Waals surface area contributed by atoms with E-state index in [1.807, 2.05) is 6.07 Å². The second-order valence-electron chi connectivity index (χ2n) is 6.12. The van der Waals surface area contributed by atoms with Crippen LogP contribution in [-0.2, 0) is 0 Å². The fraction of sp³-hybridized carbons (Fsp3) is 0.714. The van der Waals surface area contributed by atoms with Gasteiger partial charge in [0.05, 0.1) is 0 Å². The zero-order chi connectivity index (χ0) is 13.8. The Morgan fingerprint density at radius 1 is 1.28 bits per heavy atom. The highest BCUT2D eigenvalue weighted by atomic mass is 15.0. The van der Waals surface area contributed by atoms with Crippen LogP contribution in [0.2, 0.25) is 0 Å². The summed E-state index contributed by atoms with van der Waals surface area (Å²) < 4.78 is 0. The summed E-state index contributed by atoms with van der Waals surface area (Å²) >= 11 is 0. The van der Waals surface area contributed by atoms with Gasteiger partial charge in [-0.2, -0.15) is 0 Å². The van der Waals surface area contributed by atoms with E-state index in [1.165, 1.54) is 0 Å². The first-order chi connectivity index (χ1) is 8.34. The van der Waals surface area contributed by atoms with Crippen molar-refractivity contribution in [2.24, 2.45) is 11.1 Å². The van der Waals surface area contributed by atoms with Crippen molar-refractivity contribution in [1.29, 1.82) is 0 Å². The Kier molecular flexibility index (Phi) is 5.08. The van der Waals surface area contributed by atoms with E-state index in [0.717, 1.165) is 17.9 Å². The molecule has 0 fully saturated rings. The molecule has 1 aromatic heterocycles. The maximum atomic E-state index is 5.69. The normalized spacial score (nSPS) is 13.7. The lowest BCUT2D eigenvalue weighted by atomic mass is 9.85. The van der Waals surface area contributed by atoms with Gasteiger partial charge < -0.3 is 11.1 Å². The van der Waals surface area contributed by atoms with Crippen molar-refractivity contribution in [3.63, 3.8) is 0 Å². The van der Waals surface area contributed by atoms with E-state index in [4.69, 9.17) is 5.73 Å². The van der Waals surface area contributed by atoms with Crippen molar-refractivity contribution >= 4 is 5.82 Å². The van der Waals surface area contributed by atoms with E-state index in [9.17, 15) is 0 Å². The summed E-state index contributed by atoms with van der Waals surface area (Å²) in [5.41, 5.74) is 6.90. The molecule has 0 aromatic carbocycles. The van der Waals surface area contributed by atoms with Gasteiger partial charge in [-0.05, 0) is 24.3 Å². The minimum atomic E-state index is 0.155. The number of anilines is 1. The summed E-state index contributed by atoms with van der Waals surface area (Å²) in [6.07, 6.45) is 2.56. The van der Waals surface area contributed by atoms with Crippen LogP contribution in [0.15, 0.2) is 12.4 Å². The van der Waals surface area contributed by atoms with Gasteiger partial charge >= 0.3 is 0 Å². The zero-order valence-electron chi connectivity index (χ0n) is 12.2. The van der Waals surface area contributed by atoms with Crippen LogP contribution in [0.5, 0.6) is 0 Å². The molecule has 1 aromatic rings. The van der Waals surface area contributed by atoms with Crippen molar-refractivity contribution in [1.82, 2.24) is 9.97 Å². The standard InChI is InChI=1S/C14H26N4/c1-10(2)11-8-13(17-9-16-11)18-12(6-7-15)14(3,4)5/h8-10,12H,6-7,15H2,1-5H3,(H,16,17,18). The van der Waals surface area contributed by atoms with Crippen LogP contribution in [0.1, 0.15) is 52.7 Å². The number of nitrogens with zero attached hydrogens (tertiary/aromatic N) is 2. The summed E-state index contributed by atoms with van der Waals surface area (Å²) in [7, 11) is 0. The number of hydrogen-bond acceptors (Lipinski definition) is 4. The van der Waals surface area contributed by atoms with E-state index >= 15 is 0 Å². The molecule has 0 saturated heterocycles. The van der Waals surface area contributed by atoms with Crippen LogP contribution in [0, 0.1) is 5.41 Å². The van der Waals surface area contributed by atoms with E-state index in [-0.39, 0.29) is 5.41 Å². The van der Waals surface area contributed by atoms with E-state index in [1.54, 1.807) is 6.33 Å². The Bertz CT molecular complexity index is 368. The highest BCUT2D eigenvalue weighted by Crippen LogP contribution is 2.25. The predicted octanol–water partition coefficient (Wildman–Crippen LogP) is 2.78. The fourth-order valence-corrected chi connectivity index (χ4v) is 1.83. The van der Waals surface area contributed by atoms with E-state index < -0.39 is 0 Å². The summed E-state index contributed by atoms with van der Waals surface area (Å²) in [4.78, 5) is 8.57. The Balaban J connectivity index is 2.84. The number of nitrogens with one attached hydrogen (secondary N) is 1. The predicted molar refractivity (Wildman–Crippen MR) is 76.7 cm³/mol. The quantitative estimate of drug-likeness (QED) is 0.843. The molecule has 0 amide bonds. The van der Waals surface area contributed by atoms with Crippen molar-refractivity contribution in [2.75, 3.05) is 11.9 Å². The van der Waals surface area contributed by atoms with Gasteiger partial charge in [0.25, 0.3) is 0 Å². The Hall–Kier alpha value is -1.16. The monoisotopic (exact) mass is 250 g/mol. The van der Waals surface area contributed by atoms with Crippen LogP contribution in [0.4, 0.5) is 5.82 Å². The number of aromatic nitrogens is 2. The molecule has 0 aliphatic carbocycles. The van der Waals surface area contributed by atoms with Gasteiger partial charge in [-0.1, -0.05) is 34.6 Å². The summed E-state index contributed by atoms with van der Waals surface area (Å²) in [5.74, 6) is 1.30. The highest BCUT2D eigenvalue weighted by molar-refractivity contribution is 5.37. The van der Waals surface area contributed by atoms with Crippen LogP contribution < -0.4 is 11.1 Å². The lowest BCUT2D eigenvalue weighted by Gasteiger charge is -2.31. The van der Waals surface area contributed by atoms with Crippen LogP contribution >= 0.6 is 0 Å². The molecule has 4 heteroatoms. The number of rotatable bonds is 5. The molecule has 0 aliphatic heterocycles. The molecule has 3 N–H and O–H groups in total. The highest BCUT2D eigenvalue weighted by Gasteiger charge is 2.24. The topological polar surface area (TPSA) is 63.8 Å². The molecule has 0 spiro atoms. The maximum absolute atomic E-state index is 5.69. The largest absolute Gasteiger partial charge is 0.367 e. The third-order valence-corrected chi connectivity index (χ3v) is 3.10. The molecular weight excluding hydrogens is 224 g/mol. The van der Waals surface area contributed by atoms with Gasteiger partial charge in [-0.15, -0.1) is 0 Å². The summed E-state index contributed by atoms with van der Waals surface area (Å²) in [5, 5.41) is 3.48. The van der Waals surface area contributed by atoms with E-state index in [0.29, 0.717) is 18.5 Å². The second kappa shape index (κ2) is 6.14. The van der Waals surface area contributed by atoms with Gasteiger partial charge in [0.1, 0.15) is 12.1 Å². The zero-order valence-corrected chi connectivity index (χ0v) is 12.2. The molecule has 0 saturated carbocycles. The molecule has 1 rings (SSSR count). The lowest BCUT2D eigenvalue weighted by molar-refractivity contribution is 0.328. The maximum Gasteiger partial charge on any atom is 0.129 e. The lowest BCUT2D eigenvalue weighted by Crippen LogP contribution is -2.36. The van der Waals surface area contributed by atoms with Gasteiger partial charge in [0, 0.05) is 17.8 Å². The molecule has 102 valence electrons. The summed E-state index contributed by atoms with van der Waals surface area (Å²) in [6.45, 7) is 11.6. The van der Waals surface area contributed by atoms with Gasteiger partial charge in [0.15, 0.2) is 0 Å². The van der Waals surface area contributed by atoms with Crippen LogP contribution in [0.3, 0.4) is 0 Å². The average molecular weight is 250 g/mol. The smallest absolute Gasteiger partial charge is 0.129 e. The Morgan fingerprint density at radius 2 is 1.94 bits per heavy atom. The second-order valence-corrected chi connectivity index (χ2v) is 6.12. The molecule has 0 radical (unpaired) electrons. The van der Waals surface area contributed by atoms with Crippen LogP contribution in [0.25, 0.3) is 0 Å². The van der Waals surface area contributed by atoms with Gasteiger partial charge in [-0.25, -0.2) is 9.97 Å². The Morgan fingerprint density at radius 3 is 2.44 bits per heavy atom. The SMILES string of the molecule is CC(C)c1cc(NC(CCN)C(C)(C)C)ncn1. The number of nitrogens with two attached hydrogens (primary N) is 1. The van der Waals surface area contributed by atoms with Gasteiger partial charge in [0.2, 0.25) is 0 Å². The molecule has 1 atom stereocenters. The average Bonchev–Trinajstić information content (AvgIpc) is 2.27. The third kappa shape index (κ3) is 4.26. The van der Waals surface area contributed by atoms with Crippen molar-refractivity contribution < 1.29 is 0 Å². The minimum absolute atomic E-state index is 0.155. The molecular formula is C14H26N4. The van der Waals surface area contributed by atoms with Crippen LogP contribution in [-0.4, -0.2) is 22.6 Å². The molecule has 18 heavy (non-hydrogen) atoms. The first-order valence-corrected chi connectivity index (χ1v) is 6.63. The molecule has 1 unspecified atom stereocenters. The first kappa shape index (κ1) is 14.9. The molecule has 0 aliphatic rings. The number of hydrogen-bond donors (Lipinski definition) is 2. The van der Waals surface area contributed by atoms with Crippen molar-refractivity contribution in [2.45, 2.75) is 53.0 Å². The van der Waals surface area contributed by atoms with E-state index in [2.05, 4.69) is 49.9 Å². The molecule has 1 heterocycles. The minimum Gasteiger partial charge on any atom is -0.367 e. The Labute approximate surface area is 110 Å². The first-order valence-electron chi connectivity index (χ1n) is 6.63. The van der Waals surface area contributed by atoms with Gasteiger partial charge in [-0.3, -0.25) is 0 Å². The third-order valence-electron chi connectivity index (χ3n) is 3.10. The van der Waals surface area contributed by atoms with Crippen molar-refractivity contribution in [3.05, 3.63) is 18.1 Å². The fourth-order valence-electron chi connectivity index (χ4n) is 1.83. The van der Waals surface area contributed by atoms with Crippen molar-refractivity contribution in [3.8, 4) is 0 Å². The molecule has 0 bridgehead atoms. The summed E-state index contributed by atoms with van der Waals surface area (Å²) in [6, 6.07) is 2.34. The molecule has 4 nitrogen and oxygen atoms in total.